The highest BCUT2D eigenvalue weighted by Gasteiger charge is 2.40. The maximum Gasteiger partial charge on any atom is 0.251 e. The molecular formula is C37H55N9O3. The number of nitrogens with one attached hydrogen (secondary N) is 2. The second-order valence-corrected chi connectivity index (χ2v) is 15.0. The molecular weight excluding hydrogens is 618 g/mol. The van der Waals surface area contributed by atoms with Gasteiger partial charge in [-0.25, -0.2) is 9.99 Å². The van der Waals surface area contributed by atoms with Crippen LogP contribution in [0.25, 0.3) is 0 Å². The Balaban J connectivity index is 0.975. The van der Waals surface area contributed by atoms with Gasteiger partial charge in [-0.05, 0) is 87.8 Å². The monoisotopic (exact) mass is 673 g/mol. The molecule has 3 saturated carbocycles. The molecule has 2 aliphatic heterocycles. The average molecular weight is 674 g/mol. The summed E-state index contributed by atoms with van der Waals surface area (Å²) in [6.45, 7) is 8.98. The summed E-state index contributed by atoms with van der Waals surface area (Å²) < 4.78 is 5.73. The number of hydrogen-bond acceptors (Lipinski definition) is 10. The van der Waals surface area contributed by atoms with Crippen molar-refractivity contribution in [2.45, 2.75) is 89.3 Å². The summed E-state index contributed by atoms with van der Waals surface area (Å²) in [5.41, 5.74) is 1.91. The van der Waals surface area contributed by atoms with Crippen LogP contribution in [0, 0.1) is 11.8 Å². The summed E-state index contributed by atoms with van der Waals surface area (Å²) in [6.07, 6.45) is 13.2. The number of amides is 2. The van der Waals surface area contributed by atoms with Crippen molar-refractivity contribution in [3.63, 3.8) is 0 Å². The first-order valence-electron chi connectivity index (χ1n) is 18.7. The van der Waals surface area contributed by atoms with Crippen molar-refractivity contribution < 1.29 is 14.3 Å². The minimum absolute atomic E-state index is 0.0424. The lowest BCUT2D eigenvalue weighted by molar-refractivity contribution is -0.121. The molecule has 5 aliphatic rings. The number of methoxy groups -OCH3 is 1. The van der Waals surface area contributed by atoms with Gasteiger partial charge in [0.25, 0.3) is 11.8 Å². The topological polar surface area (TPSA) is 109 Å². The number of benzene rings is 1. The molecule has 0 bridgehead atoms. The third-order valence-electron chi connectivity index (χ3n) is 11.6. The van der Waals surface area contributed by atoms with Gasteiger partial charge in [-0.3, -0.25) is 19.5 Å². The van der Waals surface area contributed by atoms with Crippen LogP contribution in [0.15, 0.2) is 24.4 Å². The van der Waals surface area contributed by atoms with Crippen LogP contribution in [0.2, 0.25) is 0 Å². The van der Waals surface area contributed by atoms with Gasteiger partial charge >= 0.3 is 0 Å². The van der Waals surface area contributed by atoms with Gasteiger partial charge < -0.3 is 25.2 Å². The summed E-state index contributed by atoms with van der Waals surface area (Å²) in [7, 11) is 5.45. The Kier molecular flexibility index (Phi) is 10.3. The Bertz CT molecular complexity index is 1480. The summed E-state index contributed by atoms with van der Waals surface area (Å²) in [5, 5.41) is 10.8. The predicted molar refractivity (Wildman–Crippen MR) is 192 cm³/mol. The van der Waals surface area contributed by atoms with E-state index in [0.717, 1.165) is 38.1 Å². The third-order valence-corrected chi connectivity index (χ3v) is 11.6. The number of aromatic nitrogens is 2. The minimum Gasteiger partial charge on any atom is -0.495 e. The first kappa shape index (κ1) is 34.0. The second kappa shape index (κ2) is 14.8. The van der Waals surface area contributed by atoms with Gasteiger partial charge in [0, 0.05) is 71.0 Å². The second-order valence-electron chi connectivity index (χ2n) is 15.0. The highest BCUT2D eigenvalue weighted by Crippen LogP contribution is 2.38. The van der Waals surface area contributed by atoms with Gasteiger partial charge in [0.05, 0.1) is 19.0 Å². The molecule has 1 saturated heterocycles. The van der Waals surface area contributed by atoms with E-state index in [0.29, 0.717) is 52.8 Å². The van der Waals surface area contributed by atoms with E-state index in [1.807, 2.05) is 19.1 Å². The molecule has 0 spiro atoms. The van der Waals surface area contributed by atoms with E-state index in [2.05, 4.69) is 42.5 Å². The van der Waals surface area contributed by atoms with Crippen molar-refractivity contribution >= 4 is 35.0 Å². The lowest BCUT2D eigenvalue weighted by atomic mass is 9.85. The molecule has 3 heterocycles. The van der Waals surface area contributed by atoms with Gasteiger partial charge in [-0.15, -0.1) is 0 Å². The first-order valence-corrected chi connectivity index (χ1v) is 18.7. The first-order chi connectivity index (χ1) is 23.8. The van der Waals surface area contributed by atoms with Crippen molar-refractivity contribution in [2.24, 2.45) is 11.8 Å². The van der Waals surface area contributed by atoms with Crippen LogP contribution >= 0.6 is 0 Å². The molecule has 49 heavy (non-hydrogen) atoms. The van der Waals surface area contributed by atoms with Gasteiger partial charge in [0.2, 0.25) is 5.95 Å². The maximum atomic E-state index is 13.4. The van der Waals surface area contributed by atoms with E-state index in [1.165, 1.54) is 64.8 Å². The highest BCUT2D eigenvalue weighted by atomic mass is 16.5. The number of ether oxygens (including phenoxy) is 1. The van der Waals surface area contributed by atoms with Gasteiger partial charge in [0.1, 0.15) is 17.5 Å². The van der Waals surface area contributed by atoms with Crippen molar-refractivity contribution in [3.05, 3.63) is 30.0 Å². The normalized spacial score (nSPS) is 25.2. The minimum atomic E-state index is -0.333. The lowest BCUT2D eigenvalue weighted by Gasteiger charge is -2.46. The molecule has 2 aromatic rings. The number of hydrazine groups is 1. The maximum absolute atomic E-state index is 13.4. The summed E-state index contributed by atoms with van der Waals surface area (Å²) in [6, 6.07) is 5.94. The van der Waals surface area contributed by atoms with Crippen LogP contribution in [0.1, 0.15) is 81.5 Å². The molecule has 7 rings (SSSR count). The van der Waals surface area contributed by atoms with E-state index >= 15 is 0 Å². The standard InChI is InChI=1S/C37H55N9O3/c1-5-31-36(48)43(3)32-22-38-37(41-34(32)46(31)42(2)23-25-7-6-8-25)40-30-16-11-27(21-33(30)49-4)35(47)39-28-12-14-29(15-13-28)45-19-17-44(18-20-45)24-26-9-10-26/h11,16,21-22,25-26,28-29,31H,5-10,12-15,17-20,23-24H2,1-4H3,(H,39,47)(H,38,40,41)/t28-,29-,31?. The third kappa shape index (κ3) is 7.51. The molecule has 2 N–H and O–H groups in total. The van der Waals surface area contributed by atoms with E-state index < -0.39 is 0 Å². The van der Waals surface area contributed by atoms with Crippen molar-refractivity contribution in [3.8, 4) is 5.75 Å². The molecule has 266 valence electrons. The molecule has 12 nitrogen and oxygen atoms in total. The Morgan fingerprint density at radius 1 is 1.02 bits per heavy atom. The van der Waals surface area contributed by atoms with Crippen LogP contribution in [0.5, 0.6) is 5.75 Å². The number of hydrogen-bond donors (Lipinski definition) is 2. The van der Waals surface area contributed by atoms with Crippen molar-refractivity contribution in [2.75, 3.05) is 75.7 Å². The molecule has 12 heteroatoms. The average Bonchev–Trinajstić information content (AvgIpc) is 3.92. The number of fused-ring (bicyclic) bond motifs is 1. The Hall–Kier alpha value is -3.48. The van der Waals surface area contributed by atoms with Gasteiger partial charge in [-0.2, -0.15) is 4.98 Å². The SMILES string of the molecule is CCC1C(=O)N(C)c2cnc(Nc3ccc(C(=O)N[C@H]4CC[C@H](N5CCN(CC6CC6)CC5)CC4)cc3OC)nc2N1N(C)CC1CCC1. The molecule has 1 aromatic heterocycles. The van der Waals surface area contributed by atoms with Gasteiger partial charge in [0.15, 0.2) is 5.82 Å². The number of rotatable bonds is 12. The Morgan fingerprint density at radius 2 is 1.78 bits per heavy atom. The number of carbonyl (C=O) groups excluding carboxylic acids is 2. The van der Waals surface area contributed by atoms with Crippen molar-refractivity contribution in [1.82, 2.24) is 30.1 Å². The van der Waals surface area contributed by atoms with Crippen LogP contribution in [0.4, 0.5) is 23.1 Å². The molecule has 4 fully saturated rings. The Morgan fingerprint density at radius 3 is 2.43 bits per heavy atom. The van der Waals surface area contributed by atoms with Crippen LogP contribution in [-0.2, 0) is 4.79 Å². The number of piperazine rings is 1. The fourth-order valence-corrected chi connectivity index (χ4v) is 8.20. The number of anilines is 4. The predicted octanol–water partition coefficient (Wildman–Crippen LogP) is 4.51. The molecule has 1 unspecified atom stereocenters. The molecule has 3 aliphatic carbocycles. The van der Waals surface area contributed by atoms with Crippen LogP contribution < -0.4 is 25.3 Å². The van der Waals surface area contributed by atoms with Crippen LogP contribution in [-0.4, -0.2) is 115 Å². The largest absolute Gasteiger partial charge is 0.495 e. The zero-order valence-corrected chi connectivity index (χ0v) is 29.9. The van der Waals surface area contributed by atoms with E-state index in [1.54, 1.807) is 31.3 Å². The molecule has 0 radical (unpaired) electrons. The summed E-state index contributed by atoms with van der Waals surface area (Å²) >= 11 is 0. The Labute approximate surface area is 291 Å². The number of likely N-dealkylation sites (N-methyl/N-ethyl adjacent to an activating group) is 1. The van der Waals surface area contributed by atoms with E-state index in [-0.39, 0.29) is 23.9 Å². The van der Waals surface area contributed by atoms with Gasteiger partial charge in [-0.1, -0.05) is 13.3 Å². The van der Waals surface area contributed by atoms with E-state index in [9.17, 15) is 9.59 Å². The molecule has 2 amide bonds. The van der Waals surface area contributed by atoms with Crippen LogP contribution in [0.3, 0.4) is 0 Å². The fourth-order valence-electron chi connectivity index (χ4n) is 8.20. The fraction of sp³-hybridized carbons (Fsp3) is 0.676. The van der Waals surface area contributed by atoms with E-state index in [4.69, 9.17) is 9.72 Å². The quantitative estimate of drug-likeness (QED) is 0.334. The van der Waals surface area contributed by atoms with Crippen molar-refractivity contribution in [1.29, 1.82) is 0 Å². The zero-order chi connectivity index (χ0) is 34.1. The number of nitrogens with zero attached hydrogens (tertiary/aromatic N) is 7. The number of carbonyl (C=O) groups is 2. The summed E-state index contributed by atoms with van der Waals surface area (Å²) in [5.74, 6) is 3.21. The smallest absolute Gasteiger partial charge is 0.251 e. The molecule has 1 atom stereocenters. The highest BCUT2D eigenvalue weighted by molar-refractivity contribution is 6.04. The summed E-state index contributed by atoms with van der Waals surface area (Å²) in [4.78, 5) is 43.2. The lowest BCUT2D eigenvalue weighted by Crippen LogP contribution is -2.59. The zero-order valence-electron chi connectivity index (χ0n) is 29.9. The molecule has 1 aromatic carbocycles.